The van der Waals surface area contributed by atoms with Gasteiger partial charge in [-0.3, -0.25) is 15.3 Å². The summed E-state index contributed by atoms with van der Waals surface area (Å²) < 4.78 is 0. The molecule has 2 atom stereocenters. The quantitative estimate of drug-likeness (QED) is 0.652. The van der Waals surface area contributed by atoms with Crippen LogP contribution in [0.2, 0.25) is 0 Å². The molecule has 0 spiro atoms. The van der Waals surface area contributed by atoms with E-state index < -0.39 is 12.0 Å². The van der Waals surface area contributed by atoms with Gasteiger partial charge in [0.15, 0.2) is 5.75 Å². The molecule has 0 aliphatic carbocycles. The molecule has 7 heteroatoms. The normalized spacial score (nSPS) is 26.7. The average Bonchev–Trinajstić information content (AvgIpc) is 2.95. The molecule has 1 aromatic carbocycles. The topological polar surface area (TPSA) is 97.5 Å². The highest BCUT2D eigenvalue weighted by Gasteiger charge is 2.41. The first-order valence-electron chi connectivity index (χ1n) is 7.40. The van der Waals surface area contributed by atoms with Crippen molar-refractivity contribution in [3.63, 3.8) is 0 Å². The van der Waals surface area contributed by atoms with E-state index in [1.165, 1.54) is 0 Å². The van der Waals surface area contributed by atoms with E-state index in [0.717, 1.165) is 28.5 Å². The Bertz CT molecular complexity index is 889. The van der Waals surface area contributed by atoms with Crippen LogP contribution >= 0.6 is 0 Å². The number of hydrogen-bond acceptors (Lipinski definition) is 6. The number of phenolic OH excluding ortho intramolecular Hbond substituents is 1. The zero-order valence-electron chi connectivity index (χ0n) is 11.7. The highest BCUT2D eigenvalue weighted by molar-refractivity contribution is 6.11. The second-order valence-corrected chi connectivity index (χ2v) is 6.08. The molecule has 0 amide bonds. The number of carbonyl (C=O) groups is 1. The van der Waals surface area contributed by atoms with Crippen molar-refractivity contribution < 1.29 is 15.0 Å². The van der Waals surface area contributed by atoms with Crippen LogP contribution in [0.4, 0.5) is 11.4 Å². The Balaban J connectivity index is 1.95. The lowest BCUT2D eigenvalue weighted by Crippen LogP contribution is -2.53. The van der Waals surface area contributed by atoms with Crippen LogP contribution < -0.4 is 20.8 Å². The summed E-state index contributed by atoms with van der Waals surface area (Å²) in [5.74, 6) is -0.692. The van der Waals surface area contributed by atoms with E-state index in [1.54, 1.807) is 6.21 Å². The molecule has 0 radical (unpaired) electrons. The van der Waals surface area contributed by atoms with E-state index in [9.17, 15) is 15.0 Å². The molecular formula is C15H14N4O3. The average molecular weight is 298 g/mol. The third kappa shape index (κ3) is 1.28. The number of rotatable bonds is 1. The van der Waals surface area contributed by atoms with Gasteiger partial charge in [-0.25, -0.2) is 4.79 Å². The summed E-state index contributed by atoms with van der Waals surface area (Å²) in [6.07, 6.45) is 2.93. The van der Waals surface area contributed by atoms with E-state index in [1.807, 2.05) is 4.90 Å². The minimum atomic E-state index is -0.819. The third-order valence-electron chi connectivity index (χ3n) is 5.05. The number of phenols is 1. The number of carboxylic acids is 1. The van der Waals surface area contributed by atoms with E-state index in [0.29, 0.717) is 30.7 Å². The van der Waals surface area contributed by atoms with Crippen LogP contribution in [0.5, 0.6) is 5.75 Å². The first-order chi connectivity index (χ1) is 10.7. The standard InChI is InChI=1S/C15H14N4O3/c20-14-11-9-6(4-16-11)3-8(15(21)22)19-2-1-7-10(13(9)19)12(14)18-5-17-7/h4,7-8,17,20H,1-3,5H2,(H,21,22)/t7-,8-/m0/s1. The van der Waals surface area contributed by atoms with Gasteiger partial charge in [-0.05, 0) is 12.0 Å². The Kier molecular flexibility index (Phi) is 2.14. The molecule has 0 saturated carbocycles. The number of aliphatic carboxylic acids is 1. The van der Waals surface area contributed by atoms with Gasteiger partial charge in [0.05, 0.1) is 12.4 Å². The number of aromatic hydroxyl groups is 1. The smallest absolute Gasteiger partial charge is 0.326 e. The molecule has 4 aliphatic heterocycles. The number of nitrogens with zero attached hydrogens (tertiary/aromatic N) is 3. The van der Waals surface area contributed by atoms with Crippen LogP contribution in [-0.2, 0) is 4.79 Å². The molecular weight excluding hydrogens is 284 g/mol. The van der Waals surface area contributed by atoms with Gasteiger partial charge >= 0.3 is 5.97 Å². The zero-order chi connectivity index (χ0) is 15.0. The molecule has 7 nitrogen and oxygen atoms in total. The minimum absolute atomic E-state index is 0.115. The number of nitrogens with one attached hydrogen (secondary N) is 1. The SMILES string of the molecule is O=C(O)[C@@H]1CC2=c3c(c(O)c4c5c3N1CC[C@@H]5NCN=4)N=C2. The summed E-state index contributed by atoms with van der Waals surface area (Å²) in [5, 5.41) is 24.9. The van der Waals surface area contributed by atoms with Crippen molar-refractivity contribution in [2.45, 2.75) is 24.9 Å². The lowest BCUT2D eigenvalue weighted by molar-refractivity contribution is -0.138. The number of anilines is 1. The molecule has 0 saturated heterocycles. The third-order valence-corrected chi connectivity index (χ3v) is 5.05. The second kappa shape index (κ2) is 3.86. The summed E-state index contributed by atoms with van der Waals surface area (Å²) in [6.45, 7) is 1.15. The molecule has 5 rings (SSSR count). The summed E-state index contributed by atoms with van der Waals surface area (Å²) in [7, 11) is 0. The summed E-state index contributed by atoms with van der Waals surface area (Å²) >= 11 is 0. The van der Waals surface area contributed by atoms with Crippen LogP contribution in [0.25, 0.3) is 5.57 Å². The van der Waals surface area contributed by atoms with Crippen molar-refractivity contribution in [3.8, 4) is 5.75 Å². The fourth-order valence-electron chi connectivity index (χ4n) is 4.11. The fraction of sp³-hybridized carbons (Fsp3) is 0.400. The van der Waals surface area contributed by atoms with Crippen molar-refractivity contribution >= 4 is 29.1 Å². The molecule has 4 aliphatic rings. The highest BCUT2D eigenvalue weighted by atomic mass is 16.4. The van der Waals surface area contributed by atoms with Crippen LogP contribution in [0, 0.1) is 0 Å². The molecule has 0 aromatic heterocycles. The van der Waals surface area contributed by atoms with Crippen LogP contribution in [-0.4, -0.2) is 41.7 Å². The van der Waals surface area contributed by atoms with Gasteiger partial charge in [0.1, 0.15) is 17.1 Å². The molecule has 0 unspecified atom stereocenters. The van der Waals surface area contributed by atoms with Gasteiger partial charge in [0.25, 0.3) is 0 Å². The zero-order valence-corrected chi connectivity index (χ0v) is 11.7. The number of benzene rings is 1. The fourth-order valence-corrected chi connectivity index (χ4v) is 4.11. The lowest BCUT2D eigenvalue weighted by Gasteiger charge is -2.42. The van der Waals surface area contributed by atoms with Crippen molar-refractivity contribution in [1.29, 1.82) is 0 Å². The first kappa shape index (κ1) is 12.2. The van der Waals surface area contributed by atoms with Crippen molar-refractivity contribution in [2.24, 2.45) is 9.98 Å². The van der Waals surface area contributed by atoms with E-state index >= 15 is 0 Å². The maximum absolute atomic E-state index is 11.7. The molecule has 1 aromatic rings. The molecule has 3 N–H and O–H groups in total. The van der Waals surface area contributed by atoms with E-state index in [2.05, 4.69) is 15.3 Å². The Hall–Kier alpha value is -2.41. The Morgan fingerprint density at radius 1 is 1.45 bits per heavy atom. The van der Waals surface area contributed by atoms with Gasteiger partial charge in [-0.15, -0.1) is 0 Å². The van der Waals surface area contributed by atoms with Gasteiger partial charge in [-0.1, -0.05) is 0 Å². The monoisotopic (exact) mass is 298 g/mol. The summed E-state index contributed by atoms with van der Waals surface area (Å²) in [5.41, 5.74) is 3.28. The predicted molar refractivity (Wildman–Crippen MR) is 79.2 cm³/mol. The summed E-state index contributed by atoms with van der Waals surface area (Å²) in [4.78, 5) is 22.4. The van der Waals surface area contributed by atoms with E-state index in [-0.39, 0.29) is 11.8 Å². The van der Waals surface area contributed by atoms with Gasteiger partial charge < -0.3 is 15.1 Å². The molecule has 0 fully saturated rings. The van der Waals surface area contributed by atoms with Crippen LogP contribution in [0.1, 0.15) is 24.4 Å². The molecule has 22 heavy (non-hydrogen) atoms. The minimum Gasteiger partial charge on any atom is -0.504 e. The van der Waals surface area contributed by atoms with E-state index in [4.69, 9.17) is 0 Å². The van der Waals surface area contributed by atoms with Gasteiger partial charge in [0.2, 0.25) is 0 Å². The second-order valence-electron chi connectivity index (χ2n) is 6.08. The Labute approximate surface area is 125 Å². The van der Waals surface area contributed by atoms with Crippen molar-refractivity contribution in [3.05, 3.63) is 16.1 Å². The maximum atomic E-state index is 11.7. The maximum Gasteiger partial charge on any atom is 0.326 e. The number of carboxylic acid groups (broad SMARTS) is 1. The number of aliphatic imine (C=N–C) groups is 1. The lowest BCUT2D eigenvalue weighted by atomic mass is 9.86. The Morgan fingerprint density at radius 3 is 3.14 bits per heavy atom. The van der Waals surface area contributed by atoms with Crippen LogP contribution in [0.15, 0.2) is 9.98 Å². The Morgan fingerprint density at radius 2 is 2.32 bits per heavy atom. The summed E-state index contributed by atoms with van der Waals surface area (Å²) in [6, 6.07) is -0.458. The largest absolute Gasteiger partial charge is 0.504 e. The molecule has 112 valence electrons. The molecule has 4 heterocycles. The van der Waals surface area contributed by atoms with Crippen LogP contribution in [0.3, 0.4) is 0 Å². The van der Waals surface area contributed by atoms with Crippen molar-refractivity contribution in [2.75, 3.05) is 18.1 Å². The van der Waals surface area contributed by atoms with Gasteiger partial charge in [-0.2, -0.15) is 0 Å². The molecule has 0 bridgehead atoms. The predicted octanol–water partition coefficient (Wildman–Crippen LogP) is -0.453. The highest BCUT2D eigenvalue weighted by Crippen LogP contribution is 2.41. The first-order valence-corrected chi connectivity index (χ1v) is 7.40. The van der Waals surface area contributed by atoms with Crippen molar-refractivity contribution in [1.82, 2.24) is 5.32 Å². The number of hydrogen-bond donors (Lipinski definition) is 3. The van der Waals surface area contributed by atoms with Gasteiger partial charge in [0, 0.05) is 36.0 Å².